The van der Waals surface area contributed by atoms with E-state index in [0.29, 0.717) is 17.1 Å². The fourth-order valence-electron chi connectivity index (χ4n) is 1.69. The first-order valence-electron chi connectivity index (χ1n) is 6.89. The molecule has 26 heavy (non-hydrogen) atoms. The van der Waals surface area contributed by atoms with Gasteiger partial charge in [-0.15, -0.1) is 0 Å². The van der Waals surface area contributed by atoms with Crippen molar-refractivity contribution >= 4 is 79.3 Å². The zero-order chi connectivity index (χ0) is 20.1. The topological polar surface area (TPSA) is 47.1 Å². The number of nitrogens with two attached hydrogens (primary N) is 1. The molecule has 132 valence electrons. The van der Waals surface area contributed by atoms with Gasteiger partial charge in [0.15, 0.2) is 15.2 Å². The van der Waals surface area contributed by atoms with E-state index < -0.39 is 0 Å². The summed E-state index contributed by atoms with van der Waals surface area (Å²) in [7, 11) is 0. The average Bonchev–Trinajstić information content (AvgIpc) is 2.55. The zero-order valence-corrected chi connectivity index (χ0v) is 17.1. The van der Waals surface area contributed by atoms with Crippen LogP contribution in [0.2, 0.25) is 0 Å². The highest BCUT2D eigenvalue weighted by Gasteiger charge is 1.97. The Balaban J connectivity index is 0.000000405. The number of hydrogen-bond donors (Lipinski definition) is 1. The molecular formula is C18H14Cl2N4S2. The number of benzene rings is 2. The molecule has 0 unspecified atom stereocenters. The van der Waals surface area contributed by atoms with Crippen LogP contribution in [-0.2, 0) is 0 Å². The number of rotatable bonds is 1. The van der Waals surface area contributed by atoms with Crippen LogP contribution in [0.15, 0.2) is 41.4 Å². The maximum absolute atomic E-state index is 6.82. The molecule has 0 heterocycles. The summed E-state index contributed by atoms with van der Waals surface area (Å²) in [5.74, 6) is 0. The minimum absolute atomic E-state index is 0.0556. The summed E-state index contributed by atoms with van der Waals surface area (Å²) in [6.45, 7) is 17.3. The highest BCUT2D eigenvalue weighted by atomic mass is 35.5. The Morgan fingerprint density at radius 2 is 1.50 bits per heavy atom. The van der Waals surface area contributed by atoms with Crippen molar-refractivity contribution in [1.82, 2.24) is 0 Å². The molecule has 0 amide bonds. The van der Waals surface area contributed by atoms with Crippen molar-refractivity contribution in [3.05, 3.63) is 70.4 Å². The molecule has 2 rings (SSSR count). The highest BCUT2D eigenvalue weighted by Crippen LogP contribution is 2.23. The van der Waals surface area contributed by atoms with E-state index in [4.69, 9.17) is 42.1 Å². The molecule has 0 aromatic heterocycles. The van der Waals surface area contributed by atoms with Crippen LogP contribution in [0.25, 0.3) is 9.69 Å². The Labute approximate surface area is 173 Å². The molecule has 0 aliphatic rings. The van der Waals surface area contributed by atoms with Gasteiger partial charge < -0.3 is 5.73 Å². The van der Waals surface area contributed by atoms with Crippen LogP contribution in [-0.4, -0.2) is 8.94 Å². The van der Waals surface area contributed by atoms with Crippen molar-refractivity contribution in [3.63, 3.8) is 0 Å². The van der Waals surface area contributed by atoms with Crippen molar-refractivity contribution in [1.29, 1.82) is 0 Å². The lowest BCUT2D eigenvalue weighted by Crippen LogP contribution is -1.83. The molecule has 0 radical (unpaired) electrons. The van der Waals surface area contributed by atoms with Crippen molar-refractivity contribution in [2.75, 3.05) is 5.73 Å². The van der Waals surface area contributed by atoms with Gasteiger partial charge in [0.05, 0.1) is 24.0 Å². The summed E-state index contributed by atoms with van der Waals surface area (Å²) in [4.78, 5) is 10.4. The van der Waals surface area contributed by atoms with Crippen molar-refractivity contribution in [2.45, 2.75) is 13.8 Å². The lowest BCUT2D eigenvalue weighted by Gasteiger charge is -1.96. The van der Waals surface area contributed by atoms with E-state index >= 15 is 0 Å². The van der Waals surface area contributed by atoms with E-state index in [1.807, 2.05) is 19.9 Å². The summed E-state index contributed by atoms with van der Waals surface area (Å²) < 4.78 is -0.0556. The van der Waals surface area contributed by atoms with Crippen molar-refractivity contribution in [3.8, 4) is 0 Å². The molecule has 2 N–H and O–H groups in total. The van der Waals surface area contributed by atoms with Crippen molar-refractivity contribution < 1.29 is 0 Å². The normalized spacial score (nSPS) is 8.23. The summed E-state index contributed by atoms with van der Waals surface area (Å²) in [5.41, 5.74) is 10.1. The first kappa shape index (κ1) is 23.7. The third-order valence-electron chi connectivity index (χ3n) is 2.82. The molecule has 0 atom stereocenters. The third-order valence-corrected chi connectivity index (χ3v) is 2.91. The van der Waals surface area contributed by atoms with Gasteiger partial charge in [0.25, 0.3) is 0 Å². The number of nitrogens with zero attached hydrogens (tertiary/aromatic N) is 3. The molecule has 0 bridgehead atoms. The van der Waals surface area contributed by atoms with Crippen LogP contribution < -0.4 is 5.73 Å². The van der Waals surface area contributed by atoms with E-state index in [0.717, 1.165) is 16.8 Å². The van der Waals surface area contributed by atoms with Gasteiger partial charge in [-0.2, -0.15) is 4.99 Å². The molecule has 2 aromatic rings. The molecule has 4 nitrogen and oxygen atoms in total. The third kappa shape index (κ3) is 9.86. The molecule has 0 saturated carbocycles. The molecule has 0 aliphatic heterocycles. The maximum Gasteiger partial charge on any atom is 0.190 e. The van der Waals surface area contributed by atoms with E-state index in [9.17, 15) is 0 Å². The van der Waals surface area contributed by atoms with E-state index in [-0.39, 0.29) is 3.78 Å². The van der Waals surface area contributed by atoms with Gasteiger partial charge in [-0.1, -0.05) is 47.6 Å². The molecule has 0 aliphatic carbocycles. The Hall–Kier alpha value is -2.31. The van der Waals surface area contributed by atoms with Crippen LogP contribution in [0.1, 0.15) is 11.1 Å². The number of aliphatic imine (C=N–C) groups is 1. The lowest BCUT2D eigenvalue weighted by molar-refractivity contribution is 1.45. The van der Waals surface area contributed by atoms with E-state index in [2.05, 4.69) is 44.3 Å². The van der Waals surface area contributed by atoms with Crippen LogP contribution in [0.3, 0.4) is 0 Å². The van der Waals surface area contributed by atoms with E-state index in [1.165, 1.54) is 0 Å². The van der Waals surface area contributed by atoms with Crippen LogP contribution in [0.5, 0.6) is 0 Å². The van der Waals surface area contributed by atoms with E-state index in [1.54, 1.807) is 30.3 Å². The minimum Gasteiger partial charge on any atom is -0.399 e. The summed E-state index contributed by atoms with van der Waals surface area (Å²) in [6, 6.07) is 10.6. The summed E-state index contributed by atoms with van der Waals surface area (Å²) in [6.07, 6.45) is 0. The number of thiocarbonyl (C=S) groups is 2. The quantitative estimate of drug-likeness (QED) is 0.175. The first-order valence-corrected chi connectivity index (χ1v) is 8.47. The summed E-state index contributed by atoms with van der Waals surface area (Å²) >= 11 is 18.1. The van der Waals surface area contributed by atoms with Crippen LogP contribution in [0, 0.1) is 27.0 Å². The van der Waals surface area contributed by atoms with Crippen LogP contribution >= 0.6 is 47.6 Å². The molecule has 0 fully saturated rings. The fourth-order valence-corrected chi connectivity index (χ4v) is 1.80. The number of anilines is 1. The molecular weight excluding hydrogens is 407 g/mol. The smallest absolute Gasteiger partial charge is 0.190 e. The number of aryl methyl sites for hydroxylation is 2. The fraction of sp³-hybridized carbons (Fsp3) is 0.111. The van der Waals surface area contributed by atoms with Gasteiger partial charge in [0.1, 0.15) is 0 Å². The Kier molecular flexibility index (Phi) is 11.8. The molecule has 8 heteroatoms. The van der Waals surface area contributed by atoms with Crippen molar-refractivity contribution in [2.24, 2.45) is 4.99 Å². The van der Waals surface area contributed by atoms with Gasteiger partial charge >= 0.3 is 0 Å². The molecule has 2 aromatic carbocycles. The second-order valence-electron chi connectivity index (χ2n) is 4.67. The second-order valence-corrected chi connectivity index (χ2v) is 6.66. The number of halogens is 2. The number of hydrogen-bond acceptors (Lipinski definition) is 4. The van der Waals surface area contributed by atoms with Crippen LogP contribution in [0.4, 0.5) is 22.7 Å². The Morgan fingerprint density at radius 1 is 1.04 bits per heavy atom. The Morgan fingerprint density at radius 3 is 1.88 bits per heavy atom. The van der Waals surface area contributed by atoms with Gasteiger partial charge in [0.2, 0.25) is 0 Å². The number of isothiocyanates is 1. The second kappa shape index (κ2) is 13.0. The predicted molar refractivity (Wildman–Crippen MR) is 118 cm³/mol. The highest BCUT2D eigenvalue weighted by molar-refractivity contribution is 7.86. The standard InChI is InChI=1S/C9H6N2S.C8H8N2.CCl2S/c1-7-5-8(11-6-12)3-4-9(7)10-2;1-6-5-7(9)3-4-8(6)10-2;2-1(3)4/h3-5H,1H3;3-5H,9H2,1H3;. The van der Waals surface area contributed by atoms with Gasteiger partial charge in [-0.05, 0) is 61.5 Å². The predicted octanol–water partition coefficient (Wildman–Crippen LogP) is 7.16. The average molecular weight is 421 g/mol. The lowest BCUT2D eigenvalue weighted by atomic mass is 10.2. The number of nitrogen functional groups attached to an aromatic ring is 1. The Bertz CT molecular complexity index is 904. The van der Waals surface area contributed by atoms with Gasteiger partial charge in [0, 0.05) is 5.69 Å². The zero-order valence-electron chi connectivity index (χ0n) is 14.0. The SMILES string of the molecule is S=C(Cl)Cl.[C-]#[N+]c1ccc(N)cc1C.[C-]#[N+]c1ccc(N=C=S)cc1C. The van der Waals surface area contributed by atoms with Gasteiger partial charge in [-0.3, -0.25) is 0 Å². The minimum atomic E-state index is -0.0556. The molecule has 0 saturated heterocycles. The molecule has 0 spiro atoms. The monoisotopic (exact) mass is 420 g/mol. The largest absolute Gasteiger partial charge is 0.399 e. The maximum atomic E-state index is 6.82. The summed E-state index contributed by atoms with van der Waals surface area (Å²) in [5, 5.41) is 2.28. The first-order chi connectivity index (χ1) is 12.2. The van der Waals surface area contributed by atoms with Gasteiger partial charge in [-0.25, -0.2) is 9.69 Å².